The van der Waals surface area contributed by atoms with Crippen molar-refractivity contribution in [2.24, 2.45) is 0 Å². The van der Waals surface area contributed by atoms with Crippen LogP contribution in [0.3, 0.4) is 0 Å². The molecule has 0 unspecified atom stereocenters. The van der Waals surface area contributed by atoms with Gasteiger partial charge in [0, 0.05) is 14.3 Å². The molecule has 0 radical (unpaired) electrons. The Morgan fingerprint density at radius 3 is 2.52 bits per heavy atom. The van der Waals surface area contributed by atoms with Crippen LogP contribution in [0, 0.1) is 0 Å². The van der Waals surface area contributed by atoms with E-state index in [0.717, 1.165) is 20.0 Å². The van der Waals surface area contributed by atoms with Gasteiger partial charge in [-0.2, -0.15) is 0 Å². The Morgan fingerprint density at radius 2 is 1.81 bits per heavy atom. The molecule has 0 aliphatic heterocycles. The summed E-state index contributed by atoms with van der Waals surface area (Å²) in [6, 6.07) is 15.3. The monoisotopic (exact) mass is 383 g/mol. The molecule has 0 fully saturated rings. The molecule has 0 heterocycles. The minimum Gasteiger partial charge on any atom is -0.385 e. The number of amides is 1. The van der Waals surface area contributed by atoms with E-state index in [4.69, 9.17) is 5.11 Å². The van der Waals surface area contributed by atoms with Crippen LogP contribution < -0.4 is 5.32 Å². The van der Waals surface area contributed by atoms with Crippen molar-refractivity contribution in [2.45, 2.75) is 9.79 Å². The van der Waals surface area contributed by atoms with Crippen molar-refractivity contribution >= 4 is 51.0 Å². The molecule has 0 saturated carbocycles. The fourth-order valence-electron chi connectivity index (χ4n) is 1.63. The largest absolute Gasteiger partial charge is 0.385 e. The van der Waals surface area contributed by atoms with Crippen LogP contribution in [0.5, 0.6) is 0 Å². The minimum atomic E-state index is -0.0612. The fraction of sp³-hybridized carbons (Fsp3) is 0.133. The van der Waals surface area contributed by atoms with Gasteiger partial charge in [-0.05, 0) is 36.4 Å². The van der Waals surface area contributed by atoms with E-state index in [1.54, 1.807) is 0 Å². The molecule has 6 heteroatoms. The van der Waals surface area contributed by atoms with E-state index in [9.17, 15) is 4.79 Å². The van der Waals surface area contributed by atoms with Crippen LogP contribution in [0.2, 0.25) is 0 Å². The molecule has 0 atom stereocenters. The summed E-state index contributed by atoms with van der Waals surface area (Å²) >= 11 is 6.16. The molecule has 2 aromatic carbocycles. The van der Waals surface area contributed by atoms with Gasteiger partial charge in [-0.15, -0.1) is 11.8 Å². The number of aliphatic hydroxyl groups is 1. The lowest BCUT2D eigenvalue weighted by atomic mass is 10.3. The molecule has 2 aromatic rings. The number of anilines is 1. The summed E-state index contributed by atoms with van der Waals surface area (Å²) in [6.07, 6.45) is 0. The zero-order valence-electron chi connectivity index (χ0n) is 11.1. The van der Waals surface area contributed by atoms with E-state index in [2.05, 4.69) is 21.2 Å². The summed E-state index contributed by atoms with van der Waals surface area (Å²) < 4.78 is 1.02. The number of aliphatic hydroxyl groups excluding tert-OH is 1. The highest BCUT2D eigenvalue weighted by atomic mass is 79.9. The summed E-state index contributed by atoms with van der Waals surface area (Å²) in [7, 11) is 0. The lowest BCUT2D eigenvalue weighted by Crippen LogP contribution is -2.14. The summed E-state index contributed by atoms with van der Waals surface area (Å²) in [5.74, 6) is 0.272. The highest BCUT2D eigenvalue weighted by molar-refractivity contribution is 9.10. The maximum absolute atomic E-state index is 12.0. The van der Waals surface area contributed by atoms with E-state index in [1.165, 1.54) is 23.5 Å². The number of halogens is 1. The van der Waals surface area contributed by atoms with Crippen molar-refractivity contribution < 1.29 is 9.90 Å². The Labute approximate surface area is 140 Å². The average molecular weight is 384 g/mol. The normalized spacial score (nSPS) is 10.4. The topological polar surface area (TPSA) is 49.3 Å². The summed E-state index contributed by atoms with van der Waals surface area (Å²) in [5, 5.41) is 11.9. The maximum Gasteiger partial charge on any atom is 0.234 e. The van der Waals surface area contributed by atoms with Crippen molar-refractivity contribution in [3.63, 3.8) is 0 Å². The SMILES string of the molecule is O=C(CSc1ccc(Br)cc1)Nc1ccccc1SCO. The third-order valence-electron chi connectivity index (χ3n) is 2.56. The van der Waals surface area contributed by atoms with Gasteiger partial charge in [0.25, 0.3) is 0 Å². The van der Waals surface area contributed by atoms with Gasteiger partial charge in [0.1, 0.15) is 0 Å². The smallest absolute Gasteiger partial charge is 0.234 e. The Hall–Kier alpha value is -0.950. The van der Waals surface area contributed by atoms with E-state index in [0.29, 0.717) is 5.75 Å². The van der Waals surface area contributed by atoms with E-state index < -0.39 is 0 Å². The summed E-state index contributed by atoms with van der Waals surface area (Å²) in [6.45, 7) is 0. The number of carbonyl (C=O) groups excluding carboxylic acids is 1. The Kier molecular flexibility index (Phi) is 6.63. The van der Waals surface area contributed by atoms with E-state index in [-0.39, 0.29) is 11.8 Å². The fourth-order valence-corrected chi connectivity index (χ4v) is 3.18. The van der Waals surface area contributed by atoms with E-state index in [1.807, 2.05) is 48.5 Å². The minimum absolute atomic E-state index is 0.0134. The average Bonchev–Trinajstić information content (AvgIpc) is 2.49. The van der Waals surface area contributed by atoms with Gasteiger partial charge in [0.05, 0.1) is 17.4 Å². The van der Waals surface area contributed by atoms with Crippen LogP contribution in [0.4, 0.5) is 5.69 Å². The standard InChI is InChI=1S/C15H14BrNO2S2/c16-11-5-7-12(8-6-11)20-9-15(19)17-13-3-1-2-4-14(13)21-10-18/h1-8,18H,9-10H2,(H,17,19). The third-order valence-corrected chi connectivity index (χ3v) is 4.90. The van der Waals surface area contributed by atoms with Gasteiger partial charge in [0.15, 0.2) is 0 Å². The number of thioether (sulfide) groups is 2. The van der Waals surface area contributed by atoms with Crippen molar-refractivity contribution in [1.29, 1.82) is 0 Å². The first-order chi connectivity index (χ1) is 10.2. The number of para-hydroxylation sites is 1. The molecule has 1 amide bonds. The lowest BCUT2D eigenvalue weighted by Gasteiger charge is -2.09. The number of hydrogen-bond acceptors (Lipinski definition) is 4. The molecule has 3 nitrogen and oxygen atoms in total. The van der Waals surface area contributed by atoms with Gasteiger partial charge in [-0.25, -0.2) is 0 Å². The molecule has 2 rings (SSSR count). The first kappa shape index (κ1) is 16.4. The van der Waals surface area contributed by atoms with E-state index >= 15 is 0 Å². The highest BCUT2D eigenvalue weighted by Crippen LogP contribution is 2.27. The molecule has 0 spiro atoms. The van der Waals surface area contributed by atoms with Crippen LogP contribution in [0.15, 0.2) is 62.8 Å². The van der Waals surface area contributed by atoms with Crippen molar-refractivity contribution in [3.8, 4) is 0 Å². The molecular weight excluding hydrogens is 370 g/mol. The van der Waals surface area contributed by atoms with Crippen molar-refractivity contribution in [2.75, 3.05) is 17.0 Å². The highest BCUT2D eigenvalue weighted by Gasteiger charge is 2.07. The van der Waals surface area contributed by atoms with Gasteiger partial charge >= 0.3 is 0 Å². The Balaban J connectivity index is 1.91. The van der Waals surface area contributed by atoms with Crippen LogP contribution in [0.1, 0.15) is 0 Å². The Morgan fingerprint density at radius 1 is 1.10 bits per heavy atom. The van der Waals surface area contributed by atoms with Gasteiger partial charge in [-0.1, -0.05) is 39.8 Å². The van der Waals surface area contributed by atoms with Crippen LogP contribution >= 0.6 is 39.5 Å². The van der Waals surface area contributed by atoms with Crippen molar-refractivity contribution in [3.05, 3.63) is 53.0 Å². The molecule has 21 heavy (non-hydrogen) atoms. The molecule has 2 N–H and O–H groups in total. The third kappa shape index (κ3) is 5.39. The molecule has 110 valence electrons. The number of benzene rings is 2. The van der Waals surface area contributed by atoms with Crippen LogP contribution in [-0.4, -0.2) is 22.7 Å². The maximum atomic E-state index is 12.0. The first-order valence-electron chi connectivity index (χ1n) is 6.20. The second-order valence-electron chi connectivity index (χ2n) is 4.06. The van der Waals surface area contributed by atoms with Gasteiger partial charge < -0.3 is 10.4 Å². The molecule has 0 saturated heterocycles. The van der Waals surface area contributed by atoms with Crippen LogP contribution in [-0.2, 0) is 4.79 Å². The van der Waals surface area contributed by atoms with Crippen LogP contribution in [0.25, 0.3) is 0 Å². The quantitative estimate of drug-likeness (QED) is 0.578. The summed E-state index contributed by atoms with van der Waals surface area (Å²) in [4.78, 5) is 13.9. The van der Waals surface area contributed by atoms with Gasteiger partial charge in [0.2, 0.25) is 5.91 Å². The molecule has 0 aliphatic rings. The molecule has 0 aliphatic carbocycles. The predicted octanol–water partition coefficient (Wildman–Crippen LogP) is 4.22. The molecular formula is C15H14BrNO2S2. The molecule has 0 aromatic heterocycles. The van der Waals surface area contributed by atoms with Gasteiger partial charge in [-0.3, -0.25) is 4.79 Å². The number of hydrogen-bond donors (Lipinski definition) is 2. The second-order valence-corrected chi connectivity index (χ2v) is 7.01. The van der Waals surface area contributed by atoms with Crippen molar-refractivity contribution in [1.82, 2.24) is 0 Å². The Bertz CT molecular complexity index is 605. The number of rotatable bonds is 6. The predicted molar refractivity (Wildman–Crippen MR) is 92.9 cm³/mol. The number of carbonyl (C=O) groups is 1. The second kappa shape index (κ2) is 8.48. The summed E-state index contributed by atoms with van der Waals surface area (Å²) in [5.41, 5.74) is 0.734. The number of nitrogens with one attached hydrogen (secondary N) is 1. The zero-order valence-corrected chi connectivity index (χ0v) is 14.3. The molecule has 0 bridgehead atoms. The zero-order chi connectivity index (χ0) is 15.1. The first-order valence-corrected chi connectivity index (χ1v) is 8.96. The lowest BCUT2D eigenvalue weighted by molar-refractivity contribution is -0.113.